The molecule has 0 fully saturated rings. The third-order valence-corrected chi connectivity index (χ3v) is 5.68. The van der Waals surface area contributed by atoms with E-state index in [0.717, 1.165) is 12.8 Å². The minimum Gasteiger partial charge on any atom is -0.352 e. The first kappa shape index (κ1) is 20.7. The SMILES string of the molecule is CCNC(=O)c1ccc(NC(=O)N2CCc3ccccc3[C@@H]2Cc2ccccc2)cc1. The van der Waals surface area contributed by atoms with Gasteiger partial charge < -0.3 is 15.5 Å². The molecule has 0 radical (unpaired) electrons. The number of anilines is 1. The third-order valence-electron chi connectivity index (χ3n) is 5.68. The molecule has 5 nitrogen and oxygen atoms in total. The number of benzene rings is 3. The van der Waals surface area contributed by atoms with Crippen molar-refractivity contribution in [1.82, 2.24) is 10.2 Å². The van der Waals surface area contributed by atoms with Gasteiger partial charge in [0.1, 0.15) is 0 Å². The van der Waals surface area contributed by atoms with Gasteiger partial charge >= 0.3 is 6.03 Å². The van der Waals surface area contributed by atoms with Gasteiger partial charge in [0, 0.05) is 24.3 Å². The van der Waals surface area contributed by atoms with Crippen LogP contribution in [0.25, 0.3) is 0 Å². The first-order chi connectivity index (χ1) is 15.2. The van der Waals surface area contributed by atoms with Gasteiger partial charge in [-0.1, -0.05) is 54.6 Å². The molecule has 3 aromatic rings. The molecule has 0 aliphatic carbocycles. The van der Waals surface area contributed by atoms with E-state index in [0.29, 0.717) is 24.3 Å². The number of carbonyl (C=O) groups excluding carboxylic acids is 2. The maximum absolute atomic E-state index is 13.2. The molecule has 3 amide bonds. The van der Waals surface area contributed by atoms with Crippen LogP contribution in [0.1, 0.15) is 40.0 Å². The first-order valence-electron chi connectivity index (χ1n) is 10.7. The smallest absolute Gasteiger partial charge is 0.322 e. The standard InChI is InChI=1S/C26H27N3O2/c1-2-27-25(30)21-12-14-22(15-13-21)28-26(31)29-17-16-20-10-6-7-11-23(20)24(29)18-19-8-4-3-5-9-19/h3-15,24H,2,16-18H2,1H3,(H,27,30)(H,28,31)/t24-/m0/s1. The fourth-order valence-corrected chi connectivity index (χ4v) is 4.11. The molecule has 3 aromatic carbocycles. The molecule has 5 heteroatoms. The Morgan fingerprint density at radius 1 is 0.935 bits per heavy atom. The van der Waals surface area contributed by atoms with Crippen molar-refractivity contribution in [3.05, 3.63) is 101 Å². The number of carbonyl (C=O) groups is 2. The molecule has 1 atom stereocenters. The highest BCUT2D eigenvalue weighted by atomic mass is 16.2. The van der Waals surface area contributed by atoms with Crippen molar-refractivity contribution in [1.29, 1.82) is 0 Å². The zero-order valence-electron chi connectivity index (χ0n) is 17.7. The maximum Gasteiger partial charge on any atom is 0.322 e. The van der Waals surface area contributed by atoms with Crippen molar-refractivity contribution in [3.8, 4) is 0 Å². The van der Waals surface area contributed by atoms with Crippen LogP contribution in [0.15, 0.2) is 78.9 Å². The fraction of sp³-hybridized carbons (Fsp3) is 0.231. The Morgan fingerprint density at radius 2 is 1.65 bits per heavy atom. The molecule has 0 spiro atoms. The van der Waals surface area contributed by atoms with Crippen molar-refractivity contribution in [2.45, 2.75) is 25.8 Å². The quantitative estimate of drug-likeness (QED) is 0.631. The van der Waals surface area contributed by atoms with E-state index in [2.05, 4.69) is 41.0 Å². The summed E-state index contributed by atoms with van der Waals surface area (Å²) in [4.78, 5) is 27.1. The second-order valence-electron chi connectivity index (χ2n) is 7.71. The largest absolute Gasteiger partial charge is 0.352 e. The Labute approximate surface area is 183 Å². The fourth-order valence-electron chi connectivity index (χ4n) is 4.11. The lowest BCUT2D eigenvalue weighted by atomic mass is 9.89. The van der Waals surface area contributed by atoms with Crippen molar-refractivity contribution >= 4 is 17.6 Å². The number of urea groups is 1. The van der Waals surface area contributed by atoms with Gasteiger partial charge in [-0.2, -0.15) is 0 Å². The molecule has 2 N–H and O–H groups in total. The average molecular weight is 414 g/mol. The summed E-state index contributed by atoms with van der Waals surface area (Å²) < 4.78 is 0. The van der Waals surface area contributed by atoms with E-state index >= 15 is 0 Å². The van der Waals surface area contributed by atoms with E-state index in [-0.39, 0.29) is 18.0 Å². The summed E-state index contributed by atoms with van der Waals surface area (Å²) >= 11 is 0. The monoisotopic (exact) mass is 413 g/mol. The minimum absolute atomic E-state index is 0.0260. The Morgan fingerprint density at radius 3 is 2.39 bits per heavy atom. The summed E-state index contributed by atoms with van der Waals surface area (Å²) in [7, 11) is 0. The predicted molar refractivity (Wildman–Crippen MR) is 123 cm³/mol. The third kappa shape index (κ3) is 4.77. The molecule has 4 rings (SSSR count). The van der Waals surface area contributed by atoms with Gasteiger partial charge in [-0.25, -0.2) is 4.79 Å². The van der Waals surface area contributed by atoms with Crippen LogP contribution in [-0.4, -0.2) is 29.9 Å². The predicted octanol–water partition coefficient (Wildman–Crippen LogP) is 4.81. The van der Waals surface area contributed by atoms with Gasteiger partial charge in [0.2, 0.25) is 0 Å². The number of hydrogen-bond acceptors (Lipinski definition) is 2. The van der Waals surface area contributed by atoms with Gasteiger partial charge in [-0.3, -0.25) is 4.79 Å². The Bertz CT molecular complexity index is 1050. The van der Waals surface area contributed by atoms with Gasteiger partial charge in [-0.15, -0.1) is 0 Å². The first-order valence-corrected chi connectivity index (χ1v) is 10.7. The summed E-state index contributed by atoms with van der Waals surface area (Å²) in [5.74, 6) is -0.115. The number of nitrogens with one attached hydrogen (secondary N) is 2. The van der Waals surface area contributed by atoms with Gasteiger partial charge in [0.05, 0.1) is 6.04 Å². The van der Waals surface area contributed by atoms with E-state index in [1.165, 1.54) is 16.7 Å². The number of nitrogens with zero attached hydrogens (tertiary/aromatic N) is 1. The van der Waals surface area contributed by atoms with E-state index < -0.39 is 0 Å². The van der Waals surface area contributed by atoms with Crippen LogP contribution in [0.3, 0.4) is 0 Å². The van der Waals surface area contributed by atoms with Crippen LogP contribution in [0, 0.1) is 0 Å². The lowest BCUT2D eigenvalue weighted by Crippen LogP contribution is -2.43. The van der Waals surface area contributed by atoms with E-state index in [4.69, 9.17) is 0 Å². The van der Waals surface area contributed by atoms with Gasteiger partial charge in [-0.05, 0) is 60.7 Å². The molecule has 0 saturated heterocycles. The number of rotatable bonds is 5. The zero-order valence-corrected chi connectivity index (χ0v) is 17.7. The van der Waals surface area contributed by atoms with Crippen molar-refractivity contribution < 1.29 is 9.59 Å². The molecular formula is C26H27N3O2. The second kappa shape index (κ2) is 9.47. The molecule has 31 heavy (non-hydrogen) atoms. The van der Waals surface area contributed by atoms with Crippen LogP contribution >= 0.6 is 0 Å². The van der Waals surface area contributed by atoms with Crippen LogP contribution in [0.4, 0.5) is 10.5 Å². The van der Waals surface area contributed by atoms with Crippen LogP contribution in [-0.2, 0) is 12.8 Å². The molecule has 1 aliphatic heterocycles. The van der Waals surface area contributed by atoms with Gasteiger partial charge in [0.25, 0.3) is 5.91 Å². The maximum atomic E-state index is 13.2. The summed E-state index contributed by atoms with van der Waals surface area (Å²) in [6.45, 7) is 3.13. The van der Waals surface area contributed by atoms with Crippen LogP contribution < -0.4 is 10.6 Å². The summed E-state index contributed by atoms with van der Waals surface area (Å²) in [6, 6.07) is 25.5. The number of fused-ring (bicyclic) bond motifs is 1. The summed E-state index contributed by atoms with van der Waals surface area (Å²) in [5.41, 5.74) is 4.97. The molecule has 1 heterocycles. The Balaban J connectivity index is 1.53. The molecule has 0 bridgehead atoms. The summed E-state index contributed by atoms with van der Waals surface area (Å²) in [5, 5.41) is 5.79. The van der Waals surface area contributed by atoms with Crippen molar-refractivity contribution in [2.24, 2.45) is 0 Å². The summed E-state index contributed by atoms with van der Waals surface area (Å²) in [6.07, 6.45) is 1.60. The zero-order chi connectivity index (χ0) is 21.6. The number of amides is 3. The van der Waals surface area contributed by atoms with Crippen LogP contribution in [0.5, 0.6) is 0 Å². The highest BCUT2D eigenvalue weighted by molar-refractivity contribution is 5.95. The highest BCUT2D eigenvalue weighted by Gasteiger charge is 2.30. The lowest BCUT2D eigenvalue weighted by molar-refractivity contribution is 0.0956. The van der Waals surface area contributed by atoms with Gasteiger partial charge in [0.15, 0.2) is 0 Å². The van der Waals surface area contributed by atoms with E-state index in [9.17, 15) is 9.59 Å². The Hall–Kier alpha value is -3.60. The highest BCUT2D eigenvalue weighted by Crippen LogP contribution is 2.33. The topological polar surface area (TPSA) is 61.4 Å². The molecule has 0 aromatic heterocycles. The molecule has 0 saturated carbocycles. The molecular weight excluding hydrogens is 386 g/mol. The van der Waals surface area contributed by atoms with Crippen molar-refractivity contribution in [3.63, 3.8) is 0 Å². The Kier molecular flexibility index (Phi) is 6.32. The molecule has 158 valence electrons. The number of hydrogen-bond donors (Lipinski definition) is 2. The molecule has 0 unspecified atom stereocenters. The van der Waals surface area contributed by atoms with Crippen molar-refractivity contribution in [2.75, 3.05) is 18.4 Å². The molecule has 1 aliphatic rings. The van der Waals surface area contributed by atoms with Crippen LogP contribution in [0.2, 0.25) is 0 Å². The second-order valence-corrected chi connectivity index (χ2v) is 7.71. The minimum atomic E-state index is -0.124. The van der Waals surface area contributed by atoms with E-state index in [1.54, 1.807) is 24.3 Å². The van der Waals surface area contributed by atoms with E-state index in [1.807, 2.05) is 36.1 Å². The lowest BCUT2D eigenvalue weighted by Gasteiger charge is -2.37. The average Bonchev–Trinajstić information content (AvgIpc) is 2.80. The normalized spacial score (nSPS) is 15.1.